The van der Waals surface area contributed by atoms with Crippen LogP contribution in [-0.2, 0) is 26.2 Å². The Hall–Kier alpha value is -2.29. The molecule has 0 aliphatic heterocycles. The Balaban J connectivity index is 2.48. The van der Waals surface area contributed by atoms with Crippen LogP contribution in [0.1, 0.15) is 57.6 Å². The van der Waals surface area contributed by atoms with Crippen molar-refractivity contribution in [2.45, 2.75) is 59.0 Å². The molecule has 198 valence electrons. The quantitative estimate of drug-likeness (QED) is 0.389. The van der Waals surface area contributed by atoms with Gasteiger partial charge in [-0.05, 0) is 48.6 Å². The van der Waals surface area contributed by atoms with E-state index in [1.807, 2.05) is 32.9 Å². The number of sulfonamides is 1. The van der Waals surface area contributed by atoms with Crippen LogP contribution in [0, 0.1) is 0 Å². The van der Waals surface area contributed by atoms with E-state index in [2.05, 4.69) is 5.32 Å². The van der Waals surface area contributed by atoms with E-state index in [1.54, 1.807) is 37.3 Å². The monoisotopic (exact) mass is 555 g/mol. The molecule has 0 radical (unpaired) electrons. The standard InChI is InChI=1S/C26H35Cl2N3O4S/c1-6-15-29-26(33)24(7-2)30(16-21-22(27)9-8-10-23(21)28)25(32)17-31(36(5,34)35)20-13-11-19(12-14-20)18(3)4/h8-14,18,24H,6-7,15-17H2,1-5H3,(H,29,33)/t24-/m0/s1. The molecule has 0 aliphatic rings. The van der Waals surface area contributed by atoms with Gasteiger partial charge < -0.3 is 10.2 Å². The molecule has 36 heavy (non-hydrogen) atoms. The Morgan fingerprint density at radius 1 is 1.00 bits per heavy atom. The molecule has 0 saturated carbocycles. The van der Waals surface area contributed by atoms with Crippen molar-refractivity contribution in [3.63, 3.8) is 0 Å². The van der Waals surface area contributed by atoms with E-state index >= 15 is 0 Å². The Labute approximate surface area is 224 Å². The summed E-state index contributed by atoms with van der Waals surface area (Å²) in [6, 6.07) is 11.2. The van der Waals surface area contributed by atoms with E-state index in [9.17, 15) is 18.0 Å². The Morgan fingerprint density at radius 3 is 2.06 bits per heavy atom. The van der Waals surface area contributed by atoms with Gasteiger partial charge in [0.15, 0.2) is 0 Å². The molecule has 10 heteroatoms. The number of carbonyl (C=O) groups excluding carboxylic acids is 2. The van der Waals surface area contributed by atoms with Gasteiger partial charge >= 0.3 is 0 Å². The van der Waals surface area contributed by atoms with Gasteiger partial charge in [-0.25, -0.2) is 8.42 Å². The molecule has 1 N–H and O–H groups in total. The van der Waals surface area contributed by atoms with Crippen molar-refractivity contribution in [1.29, 1.82) is 0 Å². The zero-order valence-electron chi connectivity index (χ0n) is 21.4. The zero-order valence-corrected chi connectivity index (χ0v) is 23.8. The predicted molar refractivity (Wildman–Crippen MR) is 147 cm³/mol. The number of nitrogens with one attached hydrogen (secondary N) is 1. The van der Waals surface area contributed by atoms with Crippen molar-refractivity contribution in [3.05, 3.63) is 63.6 Å². The lowest BCUT2D eigenvalue weighted by Crippen LogP contribution is -2.52. The van der Waals surface area contributed by atoms with Crippen molar-refractivity contribution in [1.82, 2.24) is 10.2 Å². The third kappa shape index (κ3) is 7.85. The maximum Gasteiger partial charge on any atom is 0.244 e. The van der Waals surface area contributed by atoms with Crippen molar-refractivity contribution in [2.24, 2.45) is 0 Å². The lowest BCUT2D eigenvalue weighted by atomic mass is 10.0. The molecule has 0 aliphatic carbocycles. The molecular weight excluding hydrogens is 521 g/mol. The maximum absolute atomic E-state index is 13.7. The summed E-state index contributed by atoms with van der Waals surface area (Å²) in [5.74, 6) is -0.582. The number of halogens is 2. The average Bonchev–Trinajstić information content (AvgIpc) is 2.82. The first kappa shape index (κ1) is 29.9. The molecule has 0 fully saturated rings. The number of amides is 2. The number of hydrogen-bond acceptors (Lipinski definition) is 4. The van der Waals surface area contributed by atoms with Crippen LogP contribution >= 0.6 is 23.2 Å². The molecule has 2 aromatic rings. The van der Waals surface area contributed by atoms with E-state index in [4.69, 9.17) is 23.2 Å². The Kier molecular flexibility index (Phi) is 11.1. The van der Waals surface area contributed by atoms with Crippen LogP contribution in [0.25, 0.3) is 0 Å². The number of nitrogens with zero attached hydrogens (tertiary/aromatic N) is 2. The molecule has 2 aromatic carbocycles. The smallest absolute Gasteiger partial charge is 0.244 e. The highest BCUT2D eigenvalue weighted by atomic mass is 35.5. The lowest BCUT2D eigenvalue weighted by molar-refractivity contribution is -0.140. The Bertz CT molecular complexity index is 1130. The summed E-state index contributed by atoms with van der Waals surface area (Å²) in [4.78, 5) is 28.1. The minimum absolute atomic E-state index is 0.0424. The summed E-state index contributed by atoms with van der Waals surface area (Å²) in [5.41, 5.74) is 1.91. The summed E-state index contributed by atoms with van der Waals surface area (Å²) in [5, 5.41) is 3.55. The lowest BCUT2D eigenvalue weighted by Gasteiger charge is -2.33. The number of carbonyl (C=O) groups is 2. The van der Waals surface area contributed by atoms with Gasteiger partial charge in [0.2, 0.25) is 21.8 Å². The second-order valence-corrected chi connectivity index (χ2v) is 11.7. The second kappa shape index (κ2) is 13.3. The topological polar surface area (TPSA) is 86.8 Å². The third-order valence-electron chi connectivity index (χ3n) is 5.85. The van der Waals surface area contributed by atoms with Crippen molar-refractivity contribution >= 4 is 50.7 Å². The molecule has 0 heterocycles. The highest BCUT2D eigenvalue weighted by Gasteiger charge is 2.32. The van der Waals surface area contributed by atoms with Crippen LogP contribution in [0.15, 0.2) is 42.5 Å². The molecule has 0 saturated heterocycles. The largest absolute Gasteiger partial charge is 0.354 e. The first-order valence-electron chi connectivity index (χ1n) is 12.0. The summed E-state index contributed by atoms with van der Waals surface area (Å²) in [6.45, 7) is 7.75. The third-order valence-corrected chi connectivity index (χ3v) is 7.70. The van der Waals surface area contributed by atoms with E-state index < -0.39 is 28.5 Å². The van der Waals surface area contributed by atoms with Gasteiger partial charge in [0.25, 0.3) is 0 Å². The number of hydrogen-bond donors (Lipinski definition) is 1. The van der Waals surface area contributed by atoms with E-state index in [0.29, 0.717) is 34.3 Å². The van der Waals surface area contributed by atoms with Crippen LogP contribution in [-0.4, -0.2) is 50.5 Å². The summed E-state index contributed by atoms with van der Waals surface area (Å²) >= 11 is 12.7. The highest BCUT2D eigenvalue weighted by molar-refractivity contribution is 7.92. The van der Waals surface area contributed by atoms with Gasteiger partial charge in [-0.2, -0.15) is 0 Å². The van der Waals surface area contributed by atoms with E-state index in [1.165, 1.54) is 4.90 Å². The normalized spacial score (nSPS) is 12.3. The second-order valence-electron chi connectivity index (χ2n) is 8.95. The predicted octanol–water partition coefficient (Wildman–Crippen LogP) is 5.22. The van der Waals surface area contributed by atoms with Gasteiger partial charge in [0.1, 0.15) is 12.6 Å². The molecule has 2 amide bonds. The summed E-state index contributed by atoms with van der Waals surface area (Å²) < 4.78 is 26.5. The van der Waals surface area contributed by atoms with Gasteiger partial charge in [0, 0.05) is 28.7 Å². The first-order chi connectivity index (χ1) is 16.9. The zero-order chi connectivity index (χ0) is 27.0. The SMILES string of the molecule is CCCNC(=O)[C@H](CC)N(Cc1c(Cl)cccc1Cl)C(=O)CN(c1ccc(C(C)C)cc1)S(C)(=O)=O. The number of rotatable bonds is 12. The van der Waals surface area contributed by atoms with Crippen molar-refractivity contribution in [2.75, 3.05) is 23.7 Å². The highest BCUT2D eigenvalue weighted by Crippen LogP contribution is 2.28. The molecule has 7 nitrogen and oxygen atoms in total. The van der Waals surface area contributed by atoms with Crippen LogP contribution in [0.5, 0.6) is 0 Å². The van der Waals surface area contributed by atoms with E-state index in [-0.39, 0.29) is 18.4 Å². The summed E-state index contributed by atoms with van der Waals surface area (Å²) in [7, 11) is -3.80. The van der Waals surface area contributed by atoms with E-state index in [0.717, 1.165) is 22.5 Å². The average molecular weight is 557 g/mol. The fourth-order valence-corrected chi connectivity index (χ4v) is 5.15. The van der Waals surface area contributed by atoms with Crippen molar-refractivity contribution in [3.8, 4) is 0 Å². The molecule has 0 aromatic heterocycles. The van der Waals surface area contributed by atoms with Crippen LogP contribution < -0.4 is 9.62 Å². The fraction of sp³-hybridized carbons (Fsp3) is 0.462. The van der Waals surface area contributed by atoms with Gasteiger partial charge in [-0.1, -0.05) is 69.1 Å². The molecule has 0 unspecified atom stereocenters. The fourth-order valence-electron chi connectivity index (χ4n) is 3.78. The van der Waals surface area contributed by atoms with Crippen LogP contribution in [0.4, 0.5) is 5.69 Å². The molecule has 1 atom stereocenters. The summed E-state index contributed by atoms with van der Waals surface area (Å²) in [6.07, 6.45) is 2.11. The molecule has 0 spiro atoms. The minimum atomic E-state index is -3.80. The van der Waals surface area contributed by atoms with Gasteiger partial charge in [0.05, 0.1) is 11.9 Å². The molecule has 0 bridgehead atoms. The molecular formula is C26H35Cl2N3O4S. The van der Waals surface area contributed by atoms with Gasteiger partial charge in [-0.3, -0.25) is 13.9 Å². The number of anilines is 1. The molecule has 2 rings (SSSR count). The van der Waals surface area contributed by atoms with Crippen LogP contribution in [0.2, 0.25) is 10.0 Å². The maximum atomic E-state index is 13.7. The Morgan fingerprint density at radius 2 is 1.58 bits per heavy atom. The number of benzene rings is 2. The minimum Gasteiger partial charge on any atom is -0.354 e. The first-order valence-corrected chi connectivity index (χ1v) is 14.6. The van der Waals surface area contributed by atoms with Crippen LogP contribution in [0.3, 0.4) is 0 Å². The van der Waals surface area contributed by atoms with Gasteiger partial charge in [-0.15, -0.1) is 0 Å². The van der Waals surface area contributed by atoms with Crippen molar-refractivity contribution < 1.29 is 18.0 Å².